The Hall–Kier alpha value is -0.860. The Morgan fingerprint density at radius 1 is 1.15 bits per heavy atom. The topological polar surface area (TPSA) is 21.3 Å². The average molecular weight is 277 g/mol. The molecule has 1 atom stereocenters. The molecular formula is C18H31NO. The third-order valence-corrected chi connectivity index (χ3v) is 3.60. The van der Waals surface area contributed by atoms with Gasteiger partial charge in [-0.25, -0.2) is 0 Å². The lowest BCUT2D eigenvalue weighted by atomic mass is 9.94. The van der Waals surface area contributed by atoms with E-state index in [2.05, 4.69) is 57.3 Å². The van der Waals surface area contributed by atoms with Crippen LogP contribution in [0.4, 0.5) is 0 Å². The van der Waals surface area contributed by atoms with Crippen molar-refractivity contribution in [2.24, 2.45) is 5.92 Å². The van der Waals surface area contributed by atoms with E-state index in [1.807, 2.05) is 0 Å². The highest BCUT2D eigenvalue weighted by molar-refractivity contribution is 5.25. The molecule has 20 heavy (non-hydrogen) atoms. The Balaban J connectivity index is 2.44. The highest BCUT2D eigenvalue weighted by Crippen LogP contribution is 2.20. The van der Waals surface area contributed by atoms with Crippen molar-refractivity contribution in [3.05, 3.63) is 35.4 Å². The molecule has 0 bridgehead atoms. The van der Waals surface area contributed by atoms with Gasteiger partial charge in [0, 0.05) is 19.8 Å². The Morgan fingerprint density at radius 3 is 2.55 bits per heavy atom. The second-order valence-corrected chi connectivity index (χ2v) is 6.00. The van der Waals surface area contributed by atoms with E-state index in [4.69, 9.17) is 4.74 Å². The highest BCUT2D eigenvalue weighted by atomic mass is 16.5. The maximum absolute atomic E-state index is 5.78. The maximum atomic E-state index is 5.78. The first-order valence-electron chi connectivity index (χ1n) is 7.98. The van der Waals surface area contributed by atoms with Crippen molar-refractivity contribution in [2.45, 2.75) is 46.5 Å². The molecule has 1 N–H and O–H groups in total. The Labute approximate surface area is 124 Å². The van der Waals surface area contributed by atoms with E-state index in [0.717, 1.165) is 45.1 Å². The fourth-order valence-electron chi connectivity index (χ4n) is 2.28. The molecule has 0 aliphatic carbocycles. The van der Waals surface area contributed by atoms with Crippen LogP contribution in [0.25, 0.3) is 0 Å². The molecule has 1 aromatic rings. The van der Waals surface area contributed by atoms with Gasteiger partial charge in [-0.1, -0.05) is 50.6 Å². The number of nitrogens with one attached hydrogen (secondary N) is 1. The van der Waals surface area contributed by atoms with E-state index in [9.17, 15) is 0 Å². The van der Waals surface area contributed by atoms with E-state index in [0.29, 0.717) is 5.92 Å². The lowest BCUT2D eigenvalue weighted by Crippen LogP contribution is -2.22. The molecular weight excluding hydrogens is 246 g/mol. The van der Waals surface area contributed by atoms with Crippen LogP contribution >= 0.6 is 0 Å². The normalized spacial score (nSPS) is 12.8. The van der Waals surface area contributed by atoms with Crippen molar-refractivity contribution in [3.63, 3.8) is 0 Å². The summed E-state index contributed by atoms with van der Waals surface area (Å²) in [5.74, 6) is 1.28. The van der Waals surface area contributed by atoms with Crippen molar-refractivity contribution < 1.29 is 4.74 Å². The van der Waals surface area contributed by atoms with Crippen LogP contribution in [0.15, 0.2) is 24.3 Å². The SMILES string of the molecule is CCNCC(CCOCCC(C)C)c1cccc(C)c1. The van der Waals surface area contributed by atoms with Crippen LogP contribution in [0.2, 0.25) is 0 Å². The predicted octanol–water partition coefficient (Wildman–Crippen LogP) is 4.14. The fraction of sp³-hybridized carbons (Fsp3) is 0.667. The summed E-state index contributed by atoms with van der Waals surface area (Å²) in [6.07, 6.45) is 2.25. The smallest absolute Gasteiger partial charge is 0.0472 e. The van der Waals surface area contributed by atoms with Gasteiger partial charge in [0.15, 0.2) is 0 Å². The Kier molecular flexibility index (Phi) is 8.56. The van der Waals surface area contributed by atoms with Crippen LogP contribution in [-0.4, -0.2) is 26.3 Å². The fourth-order valence-corrected chi connectivity index (χ4v) is 2.28. The lowest BCUT2D eigenvalue weighted by Gasteiger charge is -2.18. The van der Waals surface area contributed by atoms with Gasteiger partial charge in [0.05, 0.1) is 0 Å². The minimum Gasteiger partial charge on any atom is -0.381 e. The zero-order valence-electron chi connectivity index (χ0n) is 13.6. The van der Waals surface area contributed by atoms with Crippen LogP contribution in [0.1, 0.15) is 50.7 Å². The summed E-state index contributed by atoms with van der Waals surface area (Å²) < 4.78 is 5.78. The minimum atomic E-state index is 0.550. The molecule has 0 aromatic heterocycles. The second-order valence-electron chi connectivity index (χ2n) is 6.00. The van der Waals surface area contributed by atoms with Gasteiger partial charge in [-0.2, -0.15) is 0 Å². The van der Waals surface area contributed by atoms with Gasteiger partial charge in [-0.15, -0.1) is 0 Å². The summed E-state index contributed by atoms with van der Waals surface area (Å²) >= 11 is 0. The molecule has 0 aliphatic heterocycles. The quantitative estimate of drug-likeness (QED) is 0.649. The number of benzene rings is 1. The van der Waals surface area contributed by atoms with Crippen molar-refractivity contribution >= 4 is 0 Å². The lowest BCUT2D eigenvalue weighted by molar-refractivity contribution is 0.116. The van der Waals surface area contributed by atoms with E-state index in [1.165, 1.54) is 11.1 Å². The molecule has 0 amide bonds. The number of rotatable bonds is 10. The van der Waals surface area contributed by atoms with Gasteiger partial charge in [0.2, 0.25) is 0 Å². The van der Waals surface area contributed by atoms with Gasteiger partial charge in [0.25, 0.3) is 0 Å². The van der Waals surface area contributed by atoms with E-state index >= 15 is 0 Å². The van der Waals surface area contributed by atoms with Gasteiger partial charge in [-0.05, 0) is 43.7 Å². The minimum absolute atomic E-state index is 0.550. The van der Waals surface area contributed by atoms with Gasteiger partial charge in [0.1, 0.15) is 0 Å². The molecule has 2 nitrogen and oxygen atoms in total. The average Bonchev–Trinajstić information content (AvgIpc) is 2.41. The Bertz CT molecular complexity index is 362. The van der Waals surface area contributed by atoms with E-state index in [1.54, 1.807) is 0 Å². The van der Waals surface area contributed by atoms with Crippen molar-refractivity contribution in [2.75, 3.05) is 26.3 Å². The van der Waals surface area contributed by atoms with Crippen LogP contribution in [0.5, 0.6) is 0 Å². The standard InChI is InChI=1S/C18H31NO/c1-5-19-14-18(10-12-20-11-9-15(2)3)17-8-6-7-16(4)13-17/h6-8,13,15,18-19H,5,9-12,14H2,1-4H3. The highest BCUT2D eigenvalue weighted by Gasteiger charge is 2.11. The third-order valence-electron chi connectivity index (χ3n) is 3.60. The molecule has 1 rings (SSSR count). The van der Waals surface area contributed by atoms with Crippen LogP contribution in [-0.2, 0) is 4.74 Å². The zero-order valence-corrected chi connectivity index (χ0v) is 13.6. The second kappa shape index (κ2) is 9.95. The molecule has 114 valence electrons. The first kappa shape index (κ1) is 17.2. The largest absolute Gasteiger partial charge is 0.381 e. The molecule has 0 spiro atoms. The molecule has 0 heterocycles. The Morgan fingerprint density at radius 2 is 1.90 bits per heavy atom. The summed E-state index contributed by atoms with van der Waals surface area (Å²) in [5, 5.41) is 3.47. The van der Waals surface area contributed by atoms with E-state index in [-0.39, 0.29) is 0 Å². The molecule has 0 aliphatic rings. The molecule has 1 unspecified atom stereocenters. The summed E-state index contributed by atoms with van der Waals surface area (Å²) in [4.78, 5) is 0. The monoisotopic (exact) mass is 277 g/mol. The summed E-state index contributed by atoms with van der Waals surface area (Å²) in [6, 6.07) is 8.86. The van der Waals surface area contributed by atoms with Gasteiger partial charge in [-0.3, -0.25) is 0 Å². The van der Waals surface area contributed by atoms with Crippen LogP contribution < -0.4 is 5.32 Å². The summed E-state index contributed by atoms with van der Waals surface area (Å²) in [5.41, 5.74) is 2.77. The number of likely N-dealkylation sites (N-methyl/N-ethyl adjacent to an activating group) is 1. The number of hydrogen-bond donors (Lipinski definition) is 1. The first-order chi connectivity index (χ1) is 9.63. The van der Waals surface area contributed by atoms with Gasteiger partial charge < -0.3 is 10.1 Å². The summed E-state index contributed by atoms with van der Waals surface area (Å²) in [6.45, 7) is 12.6. The molecule has 0 fully saturated rings. The van der Waals surface area contributed by atoms with E-state index < -0.39 is 0 Å². The maximum Gasteiger partial charge on any atom is 0.0472 e. The number of ether oxygens (including phenoxy) is 1. The summed E-state index contributed by atoms with van der Waals surface area (Å²) in [7, 11) is 0. The molecule has 1 aromatic carbocycles. The number of hydrogen-bond acceptors (Lipinski definition) is 2. The van der Waals surface area contributed by atoms with Crippen molar-refractivity contribution in [1.29, 1.82) is 0 Å². The first-order valence-corrected chi connectivity index (χ1v) is 7.98. The molecule has 0 saturated heterocycles. The van der Waals surface area contributed by atoms with Crippen molar-refractivity contribution in [3.8, 4) is 0 Å². The van der Waals surface area contributed by atoms with Gasteiger partial charge >= 0.3 is 0 Å². The van der Waals surface area contributed by atoms with Crippen LogP contribution in [0, 0.1) is 12.8 Å². The zero-order chi connectivity index (χ0) is 14.8. The number of aryl methyl sites for hydroxylation is 1. The predicted molar refractivity (Wildman–Crippen MR) is 87.4 cm³/mol. The van der Waals surface area contributed by atoms with Crippen LogP contribution in [0.3, 0.4) is 0 Å². The van der Waals surface area contributed by atoms with Crippen molar-refractivity contribution in [1.82, 2.24) is 5.32 Å². The molecule has 0 saturated carbocycles. The third kappa shape index (κ3) is 7.06. The molecule has 2 heteroatoms. The molecule has 0 radical (unpaired) electrons.